The van der Waals surface area contributed by atoms with Crippen molar-refractivity contribution in [2.24, 2.45) is 0 Å². The second-order valence-corrected chi connectivity index (χ2v) is 5.02. The maximum Gasteiger partial charge on any atom is 0.159 e. The van der Waals surface area contributed by atoms with Crippen molar-refractivity contribution in [2.45, 2.75) is 26.0 Å². The fourth-order valence-electron chi connectivity index (χ4n) is 2.15. The van der Waals surface area contributed by atoms with Gasteiger partial charge >= 0.3 is 0 Å². The van der Waals surface area contributed by atoms with E-state index in [4.69, 9.17) is 4.74 Å². The van der Waals surface area contributed by atoms with Crippen LogP contribution in [0.4, 0.5) is 8.78 Å². The summed E-state index contributed by atoms with van der Waals surface area (Å²) >= 11 is 0. The Morgan fingerprint density at radius 3 is 2.43 bits per heavy atom. The molecule has 1 N–H and O–H groups in total. The van der Waals surface area contributed by atoms with Crippen molar-refractivity contribution in [2.75, 3.05) is 7.05 Å². The molecular formula is C16H18F2N2O. The molecule has 5 heteroatoms. The number of pyridine rings is 1. The maximum absolute atomic E-state index is 13.4. The number of ether oxygens (including phenoxy) is 1. The van der Waals surface area contributed by atoms with Crippen molar-refractivity contribution in [3.8, 4) is 5.75 Å². The Kier molecular flexibility index (Phi) is 4.85. The molecule has 3 nitrogen and oxygen atoms in total. The van der Waals surface area contributed by atoms with Gasteiger partial charge in [0.05, 0.1) is 18.3 Å². The summed E-state index contributed by atoms with van der Waals surface area (Å²) < 4.78 is 32.1. The first kappa shape index (κ1) is 15.4. The van der Waals surface area contributed by atoms with Gasteiger partial charge in [-0.15, -0.1) is 0 Å². The van der Waals surface area contributed by atoms with Crippen LogP contribution in [0.5, 0.6) is 5.75 Å². The minimum Gasteiger partial charge on any atom is -0.489 e. The standard InChI is InChI=1S/C16H18F2N2O/c1-10(2)21-13-6-12(8-20-9-13)16(19-3)11-4-5-14(17)15(18)7-11/h4-10,16,19H,1-3H3. The minimum absolute atomic E-state index is 0.0401. The lowest BCUT2D eigenvalue weighted by Crippen LogP contribution is -2.18. The highest BCUT2D eigenvalue weighted by Crippen LogP contribution is 2.25. The van der Waals surface area contributed by atoms with Crippen molar-refractivity contribution in [1.82, 2.24) is 10.3 Å². The number of nitrogens with zero attached hydrogens (tertiary/aromatic N) is 1. The van der Waals surface area contributed by atoms with Crippen LogP contribution in [-0.4, -0.2) is 18.1 Å². The largest absolute Gasteiger partial charge is 0.489 e. The quantitative estimate of drug-likeness (QED) is 0.916. The van der Waals surface area contributed by atoms with Gasteiger partial charge in [0.2, 0.25) is 0 Å². The molecule has 0 fully saturated rings. The van der Waals surface area contributed by atoms with Crippen LogP contribution in [0.15, 0.2) is 36.7 Å². The molecule has 1 unspecified atom stereocenters. The van der Waals surface area contributed by atoms with E-state index in [9.17, 15) is 8.78 Å². The molecule has 0 saturated heterocycles. The van der Waals surface area contributed by atoms with E-state index in [1.165, 1.54) is 6.07 Å². The molecule has 112 valence electrons. The Bertz CT molecular complexity index is 617. The lowest BCUT2D eigenvalue weighted by Gasteiger charge is -2.18. The van der Waals surface area contributed by atoms with Gasteiger partial charge in [-0.2, -0.15) is 0 Å². The van der Waals surface area contributed by atoms with E-state index in [0.29, 0.717) is 11.3 Å². The number of hydrogen-bond donors (Lipinski definition) is 1. The summed E-state index contributed by atoms with van der Waals surface area (Å²) in [5.41, 5.74) is 1.45. The summed E-state index contributed by atoms with van der Waals surface area (Å²) in [4.78, 5) is 4.14. The van der Waals surface area contributed by atoms with Crippen LogP contribution in [0.25, 0.3) is 0 Å². The molecule has 2 aromatic rings. The van der Waals surface area contributed by atoms with Crippen molar-refractivity contribution in [1.29, 1.82) is 0 Å². The maximum atomic E-state index is 13.4. The molecular weight excluding hydrogens is 274 g/mol. The summed E-state index contributed by atoms with van der Waals surface area (Å²) in [7, 11) is 1.75. The van der Waals surface area contributed by atoms with Gasteiger partial charge in [0.1, 0.15) is 5.75 Å². The monoisotopic (exact) mass is 292 g/mol. The van der Waals surface area contributed by atoms with Crippen LogP contribution in [0, 0.1) is 11.6 Å². The zero-order chi connectivity index (χ0) is 15.4. The second kappa shape index (κ2) is 6.63. The van der Waals surface area contributed by atoms with Crippen LogP contribution >= 0.6 is 0 Å². The van der Waals surface area contributed by atoms with Gasteiger partial charge in [0.15, 0.2) is 11.6 Å². The molecule has 0 aliphatic carbocycles. The fourth-order valence-corrected chi connectivity index (χ4v) is 2.15. The molecule has 1 aromatic carbocycles. The van der Waals surface area contributed by atoms with Gasteiger partial charge < -0.3 is 10.1 Å². The van der Waals surface area contributed by atoms with Crippen LogP contribution in [0.3, 0.4) is 0 Å². The Morgan fingerprint density at radius 1 is 1.05 bits per heavy atom. The first-order valence-corrected chi connectivity index (χ1v) is 6.75. The Morgan fingerprint density at radius 2 is 1.81 bits per heavy atom. The van der Waals surface area contributed by atoms with Crippen molar-refractivity contribution in [3.05, 3.63) is 59.4 Å². The van der Waals surface area contributed by atoms with Gasteiger partial charge in [-0.3, -0.25) is 4.98 Å². The van der Waals surface area contributed by atoms with Crippen molar-refractivity contribution < 1.29 is 13.5 Å². The molecule has 1 atom stereocenters. The van der Waals surface area contributed by atoms with Crippen LogP contribution < -0.4 is 10.1 Å². The third-order valence-electron chi connectivity index (χ3n) is 3.01. The molecule has 0 bridgehead atoms. The number of hydrogen-bond acceptors (Lipinski definition) is 3. The average molecular weight is 292 g/mol. The zero-order valence-electron chi connectivity index (χ0n) is 12.2. The zero-order valence-corrected chi connectivity index (χ0v) is 12.2. The average Bonchev–Trinajstić information content (AvgIpc) is 2.43. The topological polar surface area (TPSA) is 34.2 Å². The summed E-state index contributed by atoms with van der Waals surface area (Å²) in [5.74, 6) is -1.08. The van der Waals surface area contributed by atoms with Crippen LogP contribution in [0.1, 0.15) is 31.0 Å². The van der Waals surface area contributed by atoms with Gasteiger partial charge in [-0.05, 0) is 50.2 Å². The third kappa shape index (κ3) is 3.76. The highest BCUT2D eigenvalue weighted by Gasteiger charge is 2.15. The lowest BCUT2D eigenvalue weighted by atomic mass is 10.00. The van der Waals surface area contributed by atoms with E-state index < -0.39 is 11.6 Å². The predicted octanol–water partition coefficient (Wildman–Crippen LogP) is 3.46. The van der Waals surface area contributed by atoms with E-state index in [2.05, 4.69) is 10.3 Å². The Hall–Kier alpha value is -2.01. The molecule has 0 saturated carbocycles. The van der Waals surface area contributed by atoms with E-state index in [1.807, 2.05) is 19.9 Å². The molecule has 0 aliphatic heterocycles. The van der Waals surface area contributed by atoms with E-state index in [-0.39, 0.29) is 12.1 Å². The number of benzene rings is 1. The van der Waals surface area contributed by atoms with Gasteiger partial charge in [0.25, 0.3) is 0 Å². The molecule has 1 heterocycles. The van der Waals surface area contributed by atoms with E-state index in [1.54, 1.807) is 25.5 Å². The highest BCUT2D eigenvalue weighted by atomic mass is 19.2. The Labute approximate surface area is 123 Å². The molecule has 2 rings (SSSR count). The molecule has 0 spiro atoms. The lowest BCUT2D eigenvalue weighted by molar-refractivity contribution is 0.241. The summed E-state index contributed by atoms with van der Waals surface area (Å²) in [6.45, 7) is 3.86. The summed E-state index contributed by atoms with van der Waals surface area (Å²) in [6.07, 6.45) is 3.34. The fraction of sp³-hybridized carbons (Fsp3) is 0.312. The van der Waals surface area contributed by atoms with Gasteiger partial charge in [-0.1, -0.05) is 6.07 Å². The van der Waals surface area contributed by atoms with E-state index >= 15 is 0 Å². The molecule has 1 aromatic heterocycles. The minimum atomic E-state index is -0.865. The summed E-state index contributed by atoms with van der Waals surface area (Å²) in [5, 5.41) is 3.08. The Balaban J connectivity index is 2.34. The van der Waals surface area contributed by atoms with Crippen molar-refractivity contribution >= 4 is 0 Å². The van der Waals surface area contributed by atoms with Gasteiger partial charge in [0, 0.05) is 6.20 Å². The molecule has 21 heavy (non-hydrogen) atoms. The second-order valence-electron chi connectivity index (χ2n) is 5.02. The number of halogens is 2. The van der Waals surface area contributed by atoms with Gasteiger partial charge in [-0.25, -0.2) is 8.78 Å². The number of nitrogens with one attached hydrogen (secondary N) is 1. The van der Waals surface area contributed by atoms with Crippen molar-refractivity contribution in [3.63, 3.8) is 0 Å². The first-order chi connectivity index (χ1) is 10.0. The number of rotatable bonds is 5. The van der Waals surface area contributed by atoms with Crippen LogP contribution in [0.2, 0.25) is 0 Å². The highest BCUT2D eigenvalue weighted by molar-refractivity contribution is 5.34. The molecule has 0 radical (unpaired) electrons. The molecule has 0 aliphatic rings. The van der Waals surface area contributed by atoms with E-state index in [0.717, 1.165) is 11.6 Å². The SMILES string of the molecule is CNC(c1cncc(OC(C)C)c1)c1ccc(F)c(F)c1. The summed E-state index contributed by atoms with van der Waals surface area (Å²) in [6, 6.07) is 5.41. The smallest absolute Gasteiger partial charge is 0.159 e. The van der Waals surface area contributed by atoms with Crippen LogP contribution in [-0.2, 0) is 0 Å². The first-order valence-electron chi connectivity index (χ1n) is 6.75. The molecule has 0 amide bonds. The number of aromatic nitrogens is 1. The normalized spacial score (nSPS) is 12.5. The third-order valence-corrected chi connectivity index (χ3v) is 3.01. The predicted molar refractivity (Wildman–Crippen MR) is 77.3 cm³/mol.